The van der Waals surface area contributed by atoms with Crippen LogP contribution < -0.4 is 14.2 Å². The molecule has 0 bridgehead atoms. The van der Waals surface area contributed by atoms with Crippen LogP contribution in [0.1, 0.15) is 19.3 Å². The smallest absolute Gasteiger partial charge is 0.264 e. The number of nitrogens with one attached hydrogen (secondary N) is 2. The highest BCUT2D eigenvalue weighted by molar-refractivity contribution is 7.85. The van der Waals surface area contributed by atoms with Crippen LogP contribution in [0.25, 0.3) is 44.8 Å². The van der Waals surface area contributed by atoms with E-state index in [1.807, 2.05) is 82.8 Å². The zero-order valence-electron chi connectivity index (χ0n) is 27.7. The summed E-state index contributed by atoms with van der Waals surface area (Å²) in [4.78, 5) is 20.7. The molecule has 0 aliphatic heterocycles. The Bertz CT molecular complexity index is 1880. The summed E-state index contributed by atoms with van der Waals surface area (Å²) in [6.45, 7) is 3.44. The lowest BCUT2D eigenvalue weighted by Crippen LogP contribution is -2.15. The van der Waals surface area contributed by atoms with E-state index in [-0.39, 0.29) is 13.2 Å². The van der Waals surface area contributed by atoms with Gasteiger partial charge in [-0.25, -0.2) is 9.97 Å². The number of benzene rings is 3. The molecule has 0 saturated carbocycles. The lowest BCUT2D eigenvalue weighted by Gasteiger charge is -2.12. The number of fused-ring (bicyclic) bond motifs is 2. The van der Waals surface area contributed by atoms with Gasteiger partial charge in [0.25, 0.3) is 10.1 Å². The maximum absolute atomic E-state index is 11.4. The SMILES string of the molecule is CN(C)CCCOc1ccc2nc(-c3ccc(-c4nc5ccc(OCCCN(C)C)cc5[nH]4)c(OCCCOS(C)(=O)=O)c3)[nH]c2c1. The highest BCUT2D eigenvalue weighted by atomic mass is 32.2. The van der Waals surface area contributed by atoms with Crippen molar-refractivity contribution in [3.05, 3.63) is 54.6 Å². The first-order valence-electron chi connectivity index (χ1n) is 15.7. The first-order chi connectivity index (χ1) is 22.5. The molecule has 47 heavy (non-hydrogen) atoms. The van der Waals surface area contributed by atoms with Crippen LogP contribution in [0.4, 0.5) is 0 Å². The zero-order valence-corrected chi connectivity index (χ0v) is 28.5. The third-order valence-electron chi connectivity index (χ3n) is 7.30. The van der Waals surface area contributed by atoms with E-state index in [9.17, 15) is 8.42 Å². The summed E-state index contributed by atoms with van der Waals surface area (Å²) in [6.07, 6.45) is 3.28. The van der Waals surface area contributed by atoms with Gasteiger partial charge in [-0.15, -0.1) is 0 Å². The standard InChI is InChI=1S/C34H44N6O6S/c1-39(2)15-6-17-43-25-10-13-28-30(22-25)37-33(35-28)24-9-12-27(32(21-24)45-19-8-20-46-47(5,41)42)34-36-29-14-11-26(23-31(29)38-34)44-18-7-16-40(3)4/h9-14,21-23H,6-8,15-20H2,1-5H3,(H,35,37)(H,36,38). The van der Waals surface area contributed by atoms with E-state index in [4.69, 9.17) is 28.4 Å². The Balaban J connectivity index is 1.37. The monoisotopic (exact) mass is 664 g/mol. The van der Waals surface area contributed by atoms with Gasteiger partial charge in [-0.05, 0) is 77.4 Å². The number of imidazole rings is 2. The van der Waals surface area contributed by atoms with Crippen molar-refractivity contribution < 1.29 is 26.8 Å². The first kappa shape index (κ1) is 34.2. The minimum Gasteiger partial charge on any atom is -0.493 e. The van der Waals surface area contributed by atoms with Gasteiger partial charge < -0.3 is 34.0 Å². The molecule has 0 amide bonds. The van der Waals surface area contributed by atoms with Gasteiger partial charge in [0, 0.05) is 37.2 Å². The third kappa shape index (κ3) is 9.91. The van der Waals surface area contributed by atoms with Crippen LogP contribution in [0, 0.1) is 0 Å². The lowest BCUT2D eigenvalue weighted by atomic mass is 10.1. The number of aromatic amines is 2. The Hall–Kier alpha value is -4.17. The quantitative estimate of drug-likeness (QED) is 0.0953. The molecular formula is C34H44N6O6S. The van der Waals surface area contributed by atoms with Crippen LogP contribution in [-0.2, 0) is 14.3 Å². The average molecular weight is 665 g/mol. The fraction of sp³-hybridized carbons (Fsp3) is 0.412. The van der Waals surface area contributed by atoms with Gasteiger partial charge in [-0.1, -0.05) is 6.07 Å². The number of rotatable bonds is 18. The van der Waals surface area contributed by atoms with Crippen molar-refractivity contribution in [3.8, 4) is 40.0 Å². The number of hydrogen-bond donors (Lipinski definition) is 2. The zero-order chi connectivity index (χ0) is 33.4. The van der Waals surface area contributed by atoms with Crippen molar-refractivity contribution in [1.82, 2.24) is 29.7 Å². The first-order valence-corrected chi connectivity index (χ1v) is 17.5. The lowest BCUT2D eigenvalue weighted by molar-refractivity contribution is 0.252. The van der Waals surface area contributed by atoms with E-state index in [1.165, 1.54) is 0 Å². The van der Waals surface area contributed by atoms with Gasteiger partial charge in [-0.2, -0.15) is 8.42 Å². The Kier molecular flexibility index (Phi) is 11.4. The molecular weight excluding hydrogens is 620 g/mol. The fourth-order valence-electron chi connectivity index (χ4n) is 5.00. The summed E-state index contributed by atoms with van der Waals surface area (Å²) >= 11 is 0. The van der Waals surface area contributed by atoms with Crippen LogP contribution in [-0.4, -0.2) is 112 Å². The number of H-pyrrole nitrogens is 2. The molecule has 252 valence electrons. The highest BCUT2D eigenvalue weighted by Crippen LogP contribution is 2.35. The van der Waals surface area contributed by atoms with Crippen molar-refractivity contribution >= 4 is 32.2 Å². The minimum absolute atomic E-state index is 0.0267. The summed E-state index contributed by atoms with van der Waals surface area (Å²) in [5, 5.41) is 0. The van der Waals surface area contributed by atoms with E-state index in [1.54, 1.807) is 0 Å². The molecule has 0 unspecified atom stereocenters. The van der Waals surface area contributed by atoms with Crippen molar-refractivity contribution in [3.63, 3.8) is 0 Å². The topological polar surface area (TPSA) is 135 Å². The molecule has 0 radical (unpaired) electrons. The largest absolute Gasteiger partial charge is 0.493 e. The molecule has 0 aliphatic carbocycles. The van der Waals surface area contributed by atoms with Crippen molar-refractivity contribution in [2.24, 2.45) is 0 Å². The summed E-state index contributed by atoms with van der Waals surface area (Å²) in [6, 6.07) is 17.5. The normalized spacial score (nSPS) is 12.1. The molecule has 5 rings (SSSR count). The number of aromatic nitrogens is 4. The highest BCUT2D eigenvalue weighted by Gasteiger charge is 2.16. The second-order valence-electron chi connectivity index (χ2n) is 12.0. The van der Waals surface area contributed by atoms with Crippen molar-refractivity contribution in [2.75, 3.05) is 74.0 Å². The van der Waals surface area contributed by atoms with Crippen molar-refractivity contribution in [2.45, 2.75) is 19.3 Å². The number of nitrogens with zero attached hydrogens (tertiary/aromatic N) is 4. The van der Waals surface area contributed by atoms with Gasteiger partial charge in [0.2, 0.25) is 0 Å². The van der Waals surface area contributed by atoms with E-state index in [0.717, 1.165) is 76.9 Å². The molecule has 0 atom stereocenters. The number of ether oxygens (including phenoxy) is 3. The maximum Gasteiger partial charge on any atom is 0.264 e. The van der Waals surface area contributed by atoms with Gasteiger partial charge in [0.15, 0.2) is 0 Å². The van der Waals surface area contributed by atoms with Crippen LogP contribution in [0.15, 0.2) is 54.6 Å². The molecule has 5 aromatic rings. The van der Waals surface area contributed by atoms with Crippen LogP contribution in [0.2, 0.25) is 0 Å². The average Bonchev–Trinajstić information content (AvgIpc) is 3.64. The molecule has 2 aromatic heterocycles. The van der Waals surface area contributed by atoms with Gasteiger partial charge in [0.05, 0.1) is 60.3 Å². The Morgan fingerprint density at radius 2 is 1.21 bits per heavy atom. The van der Waals surface area contributed by atoms with E-state index >= 15 is 0 Å². The number of hydrogen-bond acceptors (Lipinski definition) is 10. The molecule has 0 saturated heterocycles. The van der Waals surface area contributed by atoms with Crippen LogP contribution in [0.3, 0.4) is 0 Å². The minimum atomic E-state index is -3.53. The molecule has 2 heterocycles. The van der Waals surface area contributed by atoms with E-state index < -0.39 is 10.1 Å². The van der Waals surface area contributed by atoms with Crippen LogP contribution >= 0.6 is 0 Å². The molecule has 0 aliphatic rings. The second kappa shape index (κ2) is 15.6. The van der Waals surface area contributed by atoms with Gasteiger partial charge in [0.1, 0.15) is 28.9 Å². The Morgan fingerprint density at radius 1 is 0.660 bits per heavy atom. The Morgan fingerprint density at radius 3 is 1.79 bits per heavy atom. The van der Waals surface area contributed by atoms with E-state index in [2.05, 4.69) is 19.8 Å². The third-order valence-corrected chi connectivity index (χ3v) is 7.89. The Labute approximate surface area is 276 Å². The summed E-state index contributed by atoms with van der Waals surface area (Å²) in [7, 11) is 4.66. The van der Waals surface area contributed by atoms with Crippen LogP contribution in [0.5, 0.6) is 17.2 Å². The molecule has 2 N–H and O–H groups in total. The molecule has 0 spiro atoms. The fourth-order valence-corrected chi connectivity index (χ4v) is 5.42. The molecule has 12 nitrogen and oxygen atoms in total. The van der Waals surface area contributed by atoms with Crippen molar-refractivity contribution in [1.29, 1.82) is 0 Å². The molecule has 0 fully saturated rings. The van der Waals surface area contributed by atoms with Gasteiger partial charge >= 0.3 is 0 Å². The summed E-state index contributed by atoms with van der Waals surface area (Å²) in [5.74, 6) is 3.46. The second-order valence-corrected chi connectivity index (χ2v) is 13.6. The predicted octanol–water partition coefficient (Wildman–Crippen LogP) is 5.18. The summed E-state index contributed by atoms with van der Waals surface area (Å²) in [5.41, 5.74) is 4.92. The maximum atomic E-state index is 11.4. The van der Waals surface area contributed by atoms with Gasteiger partial charge in [-0.3, -0.25) is 4.18 Å². The molecule has 13 heteroatoms. The summed E-state index contributed by atoms with van der Waals surface area (Å²) < 4.78 is 45.8. The van der Waals surface area contributed by atoms with E-state index in [0.29, 0.717) is 37.0 Å². The molecule has 3 aromatic carbocycles. The predicted molar refractivity (Wildman–Crippen MR) is 185 cm³/mol.